The second-order valence-electron chi connectivity index (χ2n) is 3.51. The summed E-state index contributed by atoms with van der Waals surface area (Å²) in [5.41, 5.74) is 6.92. The van der Waals surface area contributed by atoms with E-state index in [1.54, 1.807) is 12.1 Å². The van der Waals surface area contributed by atoms with Gasteiger partial charge in [-0.25, -0.2) is 9.02 Å². The Bertz CT molecular complexity index is 674. The van der Waals surface area contributed by atoms with E-state index in [2.05, 4.69) is 25.3 Å². The minimum atomic E-state index is -0.319. The molecule has 0 amide bonds. The van der Waals surface area contributed by atoms with E-state index in [-0.39, 0.29) is 17.5 Å². The Morgan fingerprint density at radius 3 is 2.61 bits per heavy atom. The van der Waals surface area contributed by atoms with Gasteiger partial charge in [-0.05, 0) is 34.6 Å². The molecule has 2 N–H and O–H groups in total. The summed E-state index contributed by atoms with van der Waals surface area (Å²) in [6, 6.07) is 5.90. The highest BCUT2D eigenvalue weighted by molar-refractivity contribution is 5.61. The Labute approximate surface area is 100.0 Å². The maximum absolute atomic E-state index is 12.9. The summed E-state index contributed by atoms with van der Waals surface area (Å²) in [6.07, 6.45) is 1.52. The molecule has 0 spiro atoms. The molecule has 2 heterocycles. The first-order valence-corrected chi connectivity index (χ1v) is 5.01. The smallest absolute Gasteiger partial charge is 0.243 e. The number of nitrogens with two attached hydrogens (primary N) is 1. The summed E-state index contributed by atoms with van der Waals surface area (Å²) in [4.78, 5) is 0. The van der Waals surface area contributed by atoms with Crippen LogP contribution in [0.5, 0.6) is 0 Å². The molecule has 0 bridgehead atoms. The molecule has 18 heavy (non-hydrogen) atoms. The van der Waals surface area contributed by atoms with Crippen LogP contribution in [0.4, 0.5) is 10.2 Å². The van der Waals surface area contributed by atoms with Crippen LogP contribution in [0.15, 0.2) is 35.1 Å². The first kappa shape index (κ1) is 10.4. The van der Waals surface area contributed by atoms with Crippen LogP contribution in [-0.4, -0.2) is 25.3 Å². The number of nitrogen functional groups attached to an aromatic ring is 1. The van der Waals surface area contributed by atoms with Gasteiger partial charge in [0.2, 0.25) is 11.6 Å². The van der Waals surface area contributed by atoms with Crippen LogP contribution >= 0.6 is 0 Å². The Balaban J connectivity index is 2.12. The number of benzene rings is 1. The minimum Gasteiger partial charge on any atom is -0.378 e. The number of hydrogen-bond donors (Lipinski definition) is 1. The fourth-order valence-electron chi connectivity index (χ4n) is 1.55. The molecule has 0 saturated heterocycles. The molecule has 2 aromatic heterocycles. The number of nitrogens with zero attached hydrogens (tertiary/aromatic N) is 5. The van der Waals surface area contributed by atoms with Crippen molar-refractivity contribution in [1.82, 2.24) is 25.3 Å². The van der Waals surface area contributed by atoms with E-state index in [0.29, 0.717) is 5.69 Å². The summed E-state index contributed by atoms with van der Waals surface area (Å²) in [6.45, 7) is 0. The van der Waals surface area contributed by atoms with Crippen LogP contribution < -0.4 is 5.73 Å². The van der Waals surface area contributed by atoms with Crippen LogP contribution in [0.2, 0.25) is 0 Å². The van der Waals surface area contributed by atoms with Crippen LogP contribution in [-0.2, 0) is 0 Å². The zero-order valence-corrected chi connectivity index (χ0v) is 8.99. The number of hydrogen-bond acceptors (Lipinski definition) is 6. The average molecular weight is 246 g/mol. The predicted octanol–water partition coefficient (Wildman–Crippen LogP) is 1.04. The zero-order valence-electron chi connectivity index (χ0n) is 8.99. The van der Waals surface area contributed by atoms with Crippen LogP contribution in [0.1, 0.15) is 0 Å². The Kier molecular flexibility index (Phi) is 2.26. The molecule has 90 valence electrons. The lowest BCUT2D eigenvalue weighted by Gasteiger charge is -2.02. The highest BCUT2D eigenvalue weighted by Gasteiger charge is 2.15. The molecule has 0 aliphatic carbocycles. The van der Waals surface area contributed by atoms with Crippen molar-refractivity contribution in [3.8, 4) is 17.1 Å². The summed E-state index contributed by atoms with van der Waals surface area (Å²) < 4.78 is 18.8. The van der Waals surface area contributed by atoms with E-state index in [0.717, 1.165) is 5.56 Å². The van der Waals surface area contributed by atoms with E-state index >= 15 is 0 Å². The highest BCUT2D eigenvalue weighted by Crippen LogP contribution is 2.22. The summed E-state index contributed by atoms with van der Waals surface area (Å²) in [7, 11) is 0. The van der Waals surface area contributed by atoms with Gasteiger partial charge in [-0.2, -0.15) is 4.68 Å². The van der Waals surface area contributed by atoms with Gasteiger partial charge in [0.15, 0.2) is 0 Å². The van der Waals surface area contributed by atoms with Crippen molar-refractivity contribution in [2.45, 2.75) is 0 Å². The molecule has 0 radical (unpaired) electrons. The second kappa shape index (κ2) is 3.91. The van der Waals surface area contributed by atoms with Crippen molar-refractivity contribution >= 4 is 5.82 Å². The topological polar surface area (TPSA) is 95.7 Å². The first-order valence-electron chi connectivity index (χ1n) is 5.01. The van der Waals surface area contributed by atoms with Crippen molar-refractivity contribution in [3.63, 3.8) is 0 Å². The third-order valence-electron chi connectivity index (χ3n) is 2.39. The van der Waals surface area contributed by atoms with Crippen LogP contribution in [0, 0.1) is 5.82 Å². The number of halogens is 1. The van der Waals surface area contributed by atoms with Gasteiger partial charge in [-0.1, -0.05) is 5.21 Å². The predicted molar refractivity (Wildman–Crippen MR) is 59.0 cm³/mol. The third kappa shape index (κ3) is 1.59. The van der Waals surface area contributed by atoms with Crippen molar-refractivity contribution in [1.29, 1.82) is 0 Å². The summed E-state index contributed by atoms with van der Waals surface area (Å²) in [5, 5.41) is 14.7. The van der Waals surface area contributed by atoms with Crippen LogP contribution in [0.3, 0.4) is 0 Å². The monoisotopic (exact) mass is 246 g/mol. The normalized spacial score (nSPS) is 10.7. The lowest BCUT2D eigenvalue weighted by molar-refractivity contribution is 0.307. The molecule has 0 saturated carbocycles. The molecular formula is C10H7FN6O. The average Bonchev–Trinajstić information content (AvgIpc) is 2.98. The van der Waals surface area contributed by atoms with Gasteiger partial charge in [0.1, 0.15) is 5.82 Å². The van der Waals surface area contributed by atoms with Gasteiger partial charge < -0.3 is 5.73 Å². The number of aromatic nitrogens is 5. The van der Waals surface area contributed by atoms with Gasteiger partial charge in [0.25, 0.3) is 0 Å². The minimum absolute atomic E-state index is 0.101. The molecule has 0 atom stereocenters. The fourth-order valence-corrected chi connectivity index (χ4v) is 1.55. The lowest BCUT2D eigenvalue weighted by Crippen LogP contribution is -2.03. The van der Waals surface area contributed by atoms with Gasteiger partial charge in [0, 0.05) is 5.56 Å². The van der Waals surface area contributed by atoms with Crippen molar-refractivity contribution in [2.75, 3.05) is 5.73 Å². The third-order valence-corrected chi connectivity index (χ3v) is 2.39. The van der Waals surface area contributed by atoms with Crippen molar-refractivity contribution < 1.29 is 9.02 Å². The zero-order chi connectivity index (χ0) is 12.5. The fraction of sp³-hybridized carbons (Fsp3) is 0. The summed E-state index contributed by atoms with van der Waals surface area (Å²) >= 11 is 0. The van der Waals surface area contributed by atoms with Gasteiger partial charge >= 0.3 is 0 Å². The first-order chi connectivity index (χ1) is 8.75. The molecule has 3 aromatic rings. The largest absolute Gasteiger partial charge is 0.378 e. The van der Waals surface area contributed by atoms with Crippen molar-refractivity contribution in [3.05, 3.63) is 36.3 Å². The van der Waals surface area contributed by atoms with Crippen LogP contribution in [0.25, 0.3) is 17.1 Å². The van der Waals surface area contributed by atoms with Gasteiger partial charge in [0.05, 0.1) is 11.9 Å². The van der Waals surface area contributed by atoms with E-state index in [1.807, 2.05) is 0 Å². The molecule has 0 aliphatic rings. The van der Waals surface area contributed by atoms with E-state index in [1.165, 1.54) is 23.0 Å². The molecular weight excluding hydrogens is 239 g/mol. The van der Waals surface area contributed by atoms with Gasteiger partial charge in [-0.3, -0.25) is 0 Å². The molecule has 7 nitrogen and oxygen atoms in total. The quantitative estimate of drug-likeness (QED) is 0.725. The van der Waals surface area contributed by atoms with E-state index in [4.69, 9.17) is 5.73 Å². The molecule has 3 rings (SSSR count). The second-order valence-corrected chi connectivity index (χ2v) is 3.51. The molecule has 0 aliphatic heterocycles. The van der Waals surface area contributed by atoms with E-state index < -0.39 is 0 Å². The maximum atomic E-state index is 12.9. The van der Waals surface area contributed by atoms with E-state index in [9.17, 15) is 4.39 Å². The van der Waals surface area contributed by atoms with Gasteiger partial charge in [-0.15, -0.1) is 5.10 Å². The molecule has 8 heteroatoms. The molecule has 0 fully saturated rings. The summed E-state index contributed by atoms with van der Waals surface area (Å²) in [5.74, 6) is 0.0241. The standard InChI is InChI=1S/C10H7FN6O/c11-7-3-1-6(2-4-7)8-5-13-16-17(8)10-9(12)14-18-15-10/h1-5H,(H2,12,14). The lowest BCUT2D eigenvalue weighted by atomic mass is 10.1. The molecule has 1 aromatic carbocycles. The Morgan fingerprint density at radius 2 is 1.94 bits per heavy atom. The SMILES string of the molecule is Nc1nonc1-n1nncc1-c1ccc(F)cc1. The Morgan fingerprint density at radius 1 is 1.17 bits per heavy atom. The highest BCUT2D eigenvalue weighted by atomic mass is 19.1. The molecule has 0 unspecified atom stereocenters. The number of rotatable bonds is 2. The van der Waals surface area contributed by atoms with Crippen molar-refractivity contribution in [2.24, 2.45) is 0 Å². The Hall–Kier alpha value is -2.77. The maximum Gasteiger partial charge on any atom is 0.243 e. The number of anilines is 1.